The normalized spacial score (nSPS) is 13.5. The number of hydrogen-bond acceptors (Lipinski definition) is 2. The van der Waals surface area contributed by atoms with Gasteiger partial charge in [0.25, 0.3) is 0 Å². The van der Waals surface area contributed by atoms with Crippen LogP contribution in [0.3, 0.4) is 0 Å². The molecule has 6 heteroatoms. The molecule has 0 saturated heterocycles. The summed E-state index contributed by atoms with van der Waals surface area (Å²) in [7, 11) is 0. The van der Waals surface area contributed by atoms with Crippen LogP contribution in [0.4, 0.5) is 5.69 Å². The minimum Gasteiger partial charge on any atom is -0.357 e. The molecule has 1 saturated carbocycles. The van der Waals surface area contributed by atoms with Gasteiger partial charge in [0, 0.05) is 24.3 Å². The Labute approximate surface area is 154 Å². The summed E-state index contributed by atoms with van der Waals surface area (Å²) in [5.41, 5.74) is 1.42. The SMILES string of the molecule is C#Cc1cccc(NC(=O)CN=C(NCC)NCC2CC2)c1.I. The lowest BCUT2D eigenvalue weighted by Crippen LogP contribution is -2.39. The van der Waals surface area contributed by atoms with E-state index in [1.165, 1.54) is 12.8 Å². The van der Waals surface area contributed by atoms with E-state index in [1.54, 1.807) is 12.1 Å². The van der Waals surface area contributed by atoms with Crippen LogP contribution in [0.15, 0.2) is 29.3 Å². The van der Waals surface area contributed by atoms with Crippen LogP contribution in [0.5, 0.6) is 0 Å². The van der Waals surface area contributed by atoms with Gasteiger partial charge in [0.2, 0.25) is 5.91 Å². The molecule has 23 heavy (non-hydrogen) atoms. The van der Waals surface area contributed by atoms with Crippen molar-refractivity contribution in [3.05, 3.63) is 29.8 Å². The second-order valence-electron chi connectivity index (χ2n) is 5.29. The number of hydrogen-bond donors (Lipinski definition) is 3. The molecule has 0 radical (unpaired) electrons. The minimum atomic E-state index is -0.169. The molecule has 1 aromatic carbocycles. The molecule has 0 heterocycles. The van der Waals surface area contributed by atoms with Crippen molar-refractivity contribution < 1.29 is 4.79 Å². The monoisotopic (exact) mass is 426 g/mol. The molecule has 1 aromatic rings. The molecule has 3 N–H and O–H groups in total. The highest BCUT2D eigenvalue weighted by Gasteiger charge is 2.21. The molecule has 124 valence electrons. The van der Waals surface area contributed by atoms with E-state index < -0.39 is 0 Å². The molecule has 0 atom stereocenters. The Balaban J connectivity index is 0.00000264. The zero-order valence-electron chi connectivity index (χ0n) is 13.3. The molecule has 1 aliphatic carbocycles. The number of anilines is 1. The molecule has 1 aliphatic rings. The highest BCUT2D eigenvalue weighted by atomic mass is 127. The Kier molecular flexibility index (Phi) is 8.48. The van der Waals surface area contributed by atoms with Crippen molar-refractivity contribution in [3.8, 4) is 12.3 Å². The van der Waals surface area contributed by atoms with E-state index in [0.29, 0.717) is 11.6 Å². The van der Waals surface area contributed by atoms with E-state index in [4.69, 9.17) is 6.42 Å². The Hall–Kier alpha value is -1.75. The fourth-order valence-electron chi connectivity index (χ4n) is 1.94. The fraction of sp³-hybridized carbons (Fsp3) is 0.412. The van der Waals surface area contributed by atoms with E-state index in [0.717, 1.165) is 24.6 Å². The van der Waals surface area contributed by atoms with Crippen molar-refractivity contribution in [1.82, 2.24) is 10.6 Å². The van der Waals surface area contributed by atoms with E-state index in [9.17, 15) is 4.79 Å². The van der Waals surface area contributed by atoms with Gasteiger partial charge in [-0.25, -0.2) is 4.99 Å². The number of carbonyl (C=O) groups excluding carboxylic acids is 1. The van der Waals surface area contributed by atoms with Crippen LogP contribution < -0.4 is 16.0 Å². The second kappa shape index (κ2) is 10.1. The predicted octanol–water partition coefficient (Wildman–Crippen LogP) is 2.19. The number of nitrogens with one attached hydrogen (secondary N) is 3. The quantitative estimate of drug-likeness (QED) is 0.283. The van der Waals surface area contributed by atoms with Crippen molar-refractivity contribution in [3.63, 3.8) is 0 Å². The molecular weight excluding hydrogens is 403 g/mol. The van der Waals surface area contributed by atoms with E-state index >= 15 is 0 Å². The largest absolute Gasteiger partial charge is 0.357 e. The van der Waals surface area contributed by atoms with Crippen molar-refractivity contribution >= 4 is 41.5 Å². The number of benzene rings is 1. The van der Waals surface area contributed by atoms with Crippen LogP contribution in [0.2, 0.25) is 0 Å². The summed E-state index contributed by atoms with van der Waals surface area (Å²) in [6.07, 6.45) is 7.90. The Morgan fingerprint density at radius 2 is 2.17 bits per heavy atom. The molecule has 0 aromatic heterocycles. The standard InChI is InChI=1S/C17H22N4O.HI/c1-3-13-6-5-7-15(10-13)21-16(22)12-20-17(18-4-2)19-11-14-8-9-14;/h1,5-7,10,14H,4,8-9,11-12H2,2H3,(H,21,22)(H2,18,19,20);1H. The number of halogens is 1. The topological polar surface area (TPSA) is 65.5 Å². The third kappa shape index (κ3) is 7.37. The second-order valence-corrected chi connectivity index (χ2v) is 5.29. The summed E-state index contributed by atoms with van der Waals surface area (Å²) in [5.74, 6) is 3.81. The van der Waals surface area contributed by atoms with Gasteiger partial charge in [0.15, 0.2) is 5.96 Å². The summed E-state index contributed by atoms with van der Waals surface area (Å²) in [6.45, 7) is 3.75. The molecule has 1 amide bonds. The van der Waals surface area contributed by atoms with E-state index in [2.05, 4.69) is 26.9 Å². The van der Waals surface area contributed by atoms with Crippen molar-refractivity contribution in [2.24, 2.45) is 10.9 Å². The Bertz CT molecular complexity index is 591. The van der Waals surface area contributed by atoms with Gasteiger partial charge >= 0.3 is 0 Å². The van der Waals surface area contributed by atoms with Crippen LogP contribution in [-0.2, 0) is 4.79 Å². The van der Waals surface area contributed by atoms with Crippen LogP contribution in [-0.4, -0.2) is 31.5 Å². The van der Waals surface area contributed by atoms with Crippen LogP contribution in [0.1, 0.15) is 25.3 Å². The smallest absolute Gasteiger partial charge is 0.246 e. The first kappa shape index (κ1) is 19.3. The van der Waals surface area contributed by atoms with Gasteiger partial charge in [-0.3, -0.25) is 4.79 Å². The van der Waals surface area contributed by atoms with Crippen molar-refractivity contribution in [2.75, 3.05) is 25.0 Å². The number of aliphatic imine (C=N–C) groups is 1. The fourth-order valence-corrected chi connectivity index (χ4v) is 1.94. The highest BCUT2D eigenvalue weighted by molar-refractivity contribution is 14.0. The van der Waals surface area contributed by atoms with Gasteiger partial charge in [-0.2, -0.15) is 0 Å². The minimum absolute atomic E-state index is 0. The molecule has 0 spiro atoms. The molecule has 1 fully saturated rings. The first-order valence-corrected chi connectivity index (χ1v) is 7.60. The average Bonchev–Trinajstić information content (AvgIpc) is 3.34. The third-order valence-corrected chi connectivity index (χ3v) is 3.29. The van der Waals surface area contributed by atoms with Crippen LogP contribution in [0.25, 0.3) is 0 Å². The van der Waals surface area contributed by atoms with Crippen molar-refractivity contribution in [1.29, 1.82) is 0 Å². The van der Waals surface area contributed by atoms with Crippen LogP contribution >= 0.6 is 24.0 Å². The Morgan fingerprint density at radius 1 is 1.39 bits per heavy atom. The molecular formula is C17H23IN4O. The van der Waals surface area contributed by atoms with Gasteiger partial charge in [-0.1, -0.05) is 12.0 Å². The van der Waals surface area contributed by atoms with E-state index in [1.807, 2.05) is 19.1 Å². The zero-order chi connectivity index (χ0) is 15.8. The van der Waals surface area contributed by atoms with E-state index in [-0.39, 0.29) is 36.4 Å². The lowest BCUT2D eigenvalue weighted by atomic mass is 10.2. The Morgan fingerprint density at radius 3 is 2.83 bits per heavy atom. The number of amides is 1. The first-order chi connectivity index (χ1) is 10.7. The van der Waals surface area contributed by atoms with Gasteiger partial charge in [-0.15, -0.1) is 30.4 Å². The van der Waals surface area contributed by atoms with Gasteiger partial charge in [-0.05, 0) is 43.9 Å². The number of nitrogens with zero attached hydrogens (tertiary/aromatic N) is 1. The molecule has 0 aliphatic heterocycles. The zero-order valence-corrected chi connectivity index (χ0v) is 15.6. The van der Waals surface area contributed by atoms with Crippen LogP contribution in [0, 0.1) is 18.3 Å². The van der Waals surface area contributed by atoms with Gasteiger partial charge in [0.1, 0.15) is 6.54 Å². The average molecular weight is 426 g/mol. The first-order valence-electron chi connectivity index (χ1n) is 7.60. The molecule has 5 nitrogen and oxygen atoms in total. The predicted molar refractivity (Wildman–Crippen MR) is 105 cm³/mol. The molecule has 2 rings (SSSR count). The maximum absolute atomic E-state index is 11.9. The summed E-state index contributed by atoms with van der Waals surface area (Å²) in [5, 5.41) is 9.18. The third-order valence-electron chi connectivity index (χ3n) is 3.29. The summed E-state index contributed by atoms with van der Waals surface area (Å²) < 4.78 is 0. The van der Waals surface area contributed by atoms with Crippen molar-refractivity contribution in [2.45, 2.75) is 19.8 Å². The number of guanidine groups is 1. The number of terminal acetylenes is 1. The lowest BCUT2D eigenvalue weighted by molar-refractivity contribution is -0.114. The summed E-state index contributed by atoms with van der Waals surface area (Å²) in [6, 6.07) is 7.20. The highest BCUT2D eigenvalue weighted by Crippen LogP contribution is 2.27. The number of carbonyl (C=O) groups is 1. The summed E-state index contributed by atoms with van der Waals surface area (Å²) >= 11 is 0. The summed E-state index contributed by atoms with van der Waals surface area (Å²) in [4.78, 5) is 16.2. The maximum atomic E-state index is 11.9. The lowest BCUT2D eigenvalue weighted by Gasteiger charge is -2.10. The maximum Gasteiger partial charge on any atom is 0.246 e. The van der Waals surface area contributed by atoms with Gasteiger partial charge < -0.3 is 16.0 Å². The molecule has 0 bridgehead atoms. The van der Waals surface area contributed by atoms with Gasteiger partial charge in [0.05, 0.1) is 0 Å². The number of rotatable bonds is 6. The molecule has 0 unspecified atom stereocenters.